The van der Waals surface area contributed by atoms with Crippen LogP contribution in [0.2, 0.25) is 0 Å². The normalized spacial score (nSPS) is 17.9. The molecule has 1 fully saturated rings. The van der Waals surface area contributed by atoms with Crippen molar-refractivity contribution in [1.82, 2.24) is 4.90 Å². The van der Waals surface area contributed by atoms with Crippen LogP contribution in [0.1, 0.15) is 24.0 Å². The summed E-state index contributed by atoms with van der Waals surface area (Å²) in [6.45, 7) is 5.77. The van der Waals surface area contributed by atoms with E-state index in [2.05, 4.69) is 60.0 Å². The molecule has 3 rings (SSSR count). The summed E-state index contributed by atoms with van der Waals surface area (Å²) < 4.78 is 0. The molecule has 1 saturated heterocycles. The van der Waals surface area contributed by atoms with E-state index in [1.165, 1.54) is 11.1 Å². The van der Waals surface area contributed by atoms with E-state index in [0.29, 0.717) is 12.8 Å². The summed E-state index contributed by atoms with van der Waals surface area (Å²) in [7, 11) is 0. The number of nitrogens with zero attached hydrogens (tertiary/aromatic N) is 1. The SMILES string of the molecule is C=CCN1CCCC1C(O)(Cc1ccccc1)Cc1ccccc1.Cl. The minimum absolute atomic E-state index is 0. The summed E-state index contributed by atoms with van der Waals surface area (Å²) in [5.74, 6) is 0. The highest BCUT2D eigenvalue weighted by Crippen LogP contribution is 2.32. The van der Waals surface area contributed by atoms with Crippen molar-refractivity contribution in [2.75, 3.05) is 13.1 Å². The van der Waals surface area contributed by atoms with Gasteiger partial charge in [0.05, 0.1) is 5.60 Å². The van der Waals surface area contributed by atoms with Crippen molar-refractivity contribution in [1.29, 1.82) is 0 Å². The summed E-state index contributed by atoms with van der Waals surface area (Å²) in [4.78, 5) is 2.39. The molecule has 1 heterocycles. The lowest BCUT2D eigenvalue weighted by Crippen LogP contribution is -2.52. The van der Waals surface area contributed by atoms with Gasteiger partial charge in [-0.25, -0.2) is 0 Å². The van der Waals surface area contributed by atoms with Gasteiger partial charge in [0.15, 0.2) is 0 Å². The molecule has 1 atom stereocenters. The number of rotatable bonds is 7. The molecule has 1 aliphatic rings. The van der Waals surface area contributed by atoms with E-state index in [9.17, 15) is 5.11 Å². The summed E-state index contributed by atoms with van der Waals surface area (Å²) >= 11 is 0. The van der Waals surface area contributed by atoms with Crippen LogP contribution in [0.15, 0.2) is 73.3 Å². The number of halogens is 1. The lowest BCUT2D eigenvalue weighted by Gasteiger charge is -2.39. The molecule has 1 N–H and O–H groups in total. The second kappa shape index (κ2) is 9.19. The van der Waals surface area contributed by atoms with Gasteiger partial charge in [-0.1, -0.05) is 66.7 Å². The third-order valence-electron chi connectivity index (χ3n) is 5.05. The topological polar surface area (TPSA) is 23.5 Å². The number of benzene rings is 2. The second-order valence-electron chi connectivity index (χ2n) is 6.87. The van der Waals surface area contributed by atoms with Gasteiger partial charge in [-0.3, -0.25) is 4.90 Å². The maximum atomic E-state index is 11.7. The van der Waals surface area contributed by atoms with Gasteiger partial charge in [0.2, 0.25) is 0 Å². The monoisotopic (exact) mass is 357 g/mol. The van der Waals surface area contributed by atoms with Gasteiger partial charge in [-0.05, 0) is 30.5 Å². The molecular formula is C22H28ClNO. The van der Waals surface area contributed by atoms with Crippen molar-refractivity contribution in [3.05, 3.63) is 84.4 Å². The van der Waals surface area contributed by atoms with Crippen LogP contribution in [0, 0.1) is 0 Å². The van der Waals surface area contributed by atoms with E-state index in [4.69, 9.17) is 0 Å². The van der Waals surface area contributed by atoms with E-state index < -0.39 is 5.60 Å². The van der Waals surface area contributed by atoms with Gasteiger partial charge >= 0.3 is 0 Å². The fourth-order valence-electron chi connectivity index (χ4n) is 4.02. The Labute approximate surface area is 157 Å². The van der Waals surface area contributed by atoms with Crippen LogP contribution >= 0.6 is 12.4 Å². The van der Waals surface area contributed by atoms with Crippen LogP contribution in [-0.2, 0) is 12.8 Å². The average molecular weight is 358 g/mol. The van der Waals surface area contributed by atoms with Crippen molar-refractivity contribution >= 4 is 12.4 Å². The van der Waals surface area contributed by atoms with Crippen molar-refractivity contribution in [2.45, 2.75) is 37.3 Å². The number of hydrogen-bond donors (Lipinski definition) is 1. The van der Waals surface area contributed by atoms with E-state index in [1.54, 1.807) is 0 Å². The van der Waals surface area contributed by atoms with Crippen LogP contribution in [0.4, 0.5) is 0 Å². The summed E-state index contributed by atoms with van der Waals surface area (Å²) in [5.41, 5.74) is 1.63. The first kappa shape index (κ1) is 19.7. The van der Waals surface area contributed by atoms with Crippen LogP contribution < -0.4 is 0 Å². The van der Waals surface area contributed by atoms with Crippen LogP contribution in [0.5, 0.6) is 0 Å². The zero-order valence-electron chi connectivity index (χ0n) is 14.7. The summed E-state index contributed by atoms with van der Waals surface area (Å²) in [6.07, 6.45) is 5.50. The summed E-state index contributed by atoms with van der Waals surface area (Å²) in [5, 5.41) is 11.7. The van der Waals surface area contributed by atoms with Gasteiger partial charge in [0.1, 0.15) is 0 Å². The van der Waals surface area contributed by atoms with E-state index in [-0.39, 0.29) is 18.4 Å². The molecule has 0 amide bonds. The maximum absolute atomic E-state index is 11.7. The van der Waals surface area contributed by atoms with E-state index >= 15 is 0 Å². The molecule has 0 aromatic heterocycles. The van der Waals surface area contributed by atoms with Crippen LogP contribution in [0.3, 0.4) is 0 Å². The van der Waals surface area contributed by atoms with Crippen LogP contribution in [-0.4, -0.2) is 34.7 Å². The Kier molecular flexibility index (Phi) is 7.24. The van der Waals surface area contributed by atoms with Gasteiger partial charge < -0.3 is 5.11 Å². The molecule has 134 valence electrons. The Hall–Kier alpha value is -1.61. The van der Waals surface area contributed by atoms with Crippen LogP contribution in [0.25, 0.3) is 0 Å². The van der Waals surface area contributed by atoms with Crippen molar-refractivity contribution < 1.29 is 5.11 Å². The molecule has 3 heteroatoms. The molecule has 2 aromatic rings. The fourth-order valence-corrected chi connectivity index (χ4v) is 4.02. The zero-order chi connectivity index (χ0) is 16.8. The first-order valence-corrected chi connectivity index (χ1v) is 8.86. The molecule has 0 bridgehead atoms. The molecule has 0 saturated carbocycles. The predicted octanol–water partition coefficient (Wildman–Crippen LogP) is 4.28. The lowest BCUT2D eigenvalue weighted by molar-refractivity contribution is -0.0300. The Morgan fingerprint density at radius 1 is 1.00 bits per heavy atom. The number of hydrogen-bond acceptors (Lipinski definition) is 2. The molecule has 1 aliphatic heterocycles. The standard InChI is InChI=1S/C22H27NO.ClH/c1-2-15-23-16-9-14-21(23)22(24,17-19-10-5-3-6-11-19)18-20-12-7-4-8-13-20;/h2-8,10-13,21,24H,1,9,14-18H2;1H. The highest BCUT2D eigenvalue weighted by atomic mass is 35.5. The molecule has 2 aromatic carbocycles. The molecule has 0 aliphatic carbocycles. The quantitative estimate of drug-likeness (QED) is 0.748. The predicted molar refractivity (Wildman–Crippen MR) is 107 cm³/mol. The molecular weight excluding hydrogens is 330 g/mol. The molecule has 0 spiro atoms. The van der Waals surface area contributed by atoms with Crippen molar-refractivity contribution in [3.63, 3.8) is 0 Å². The number of aliphatic hydroxyl groups is 1. The van der Waals surface area contributed by atoms with Crippen molar-refractivity contribution in [3.8, 4) is 0 Å². The fraction of sp³-hybridized carbons (Fsp3) is 0.364. The molecule has 2 nitrogen and oxygen atoms in total. The Morgan fingerprint density at radius 3 is 2.00 bits per heavy atom. The third kappa shape index (κ3) is 4.94. The third-order valence-corrected chi connectivity index (χ3v) is 5.05. The first-order chi connectivity index (χ1) is 11.7. The minimum Gasteiger partial charge on any atom is -0.388 e. The van der Waals surface area contributed by atoms with Crippen molar-refractivity contribution in [2.24, 2.45) is 0 Å². The Bertz CT molecular complexity index is 602. The van der Waals surface area contributed by atoms with E-state index in [1.807, 2.05) is 18.2 Å². The smallest absolute Gasteiger partial charge is 0.0882 e. The highest BCUT2D eigenvalue weighted by Gasteiger charge is 2.42. The van der Waals surface area contributed by atoms with E-state index in [0.717, 1.165) is 25.9 Å². The Morgan fingerprint density at radius 2 is 1.52 bits per heavy atom. The lowest BCUT2D eigenvalue weighted by atomic mass is 9.80. The average Bonchev–Trinajstić information content (AvgIpc) is 3.06. The van der Waals surface area contributed by atoms with Gasteiger partial charge in [0.25, 0.3) is 0 Å². The zero-order valence-corrected chi connectivity index (χ0v) is 15.5. The largest absolute Gasteiger partial charge is 0.388 e. The molecule has 25 heavy (non-hydrogen) atoms. The first-order valence-electron chi connectivity index (χ1n) is 8.86. The van der Waals surface area contributed by atoms with Gasteiger partial charge in [-0.2, -0.15) is 0 Å². The molecule has 1 unspecified atom stereocenters. The number of likely N-dealkylation sites (tertiary alicyclic amines) is 1. The highest BCUT2D eigenvalue weighted by molar-refractivity contribution is 5.85. The molecule has 0 radical (unpaired) electrons. The summed E-state index contributed by atoms with van der Waals surface area (Å²) in [6, 6.07) is 20.9. The maximum Gasteiger partial charge on any atom is 0.0882 e. The van der Waals surface area contributed by atoms with Gasteiger partial charge in [0, 0.05) is 25.4 Å². The van der Waals surface area contributed by atoms with Gasteiger partial charge in [-0.15, -0.1) is 19.0 Å². The second-order valence-corrected chi connectivity index (χ2v) is 6.87. The Balaban J connectivity index is 0.00000225. The minimum atomic E-state index is -0.762.